The molecule has 1 amide bonds. The van der Waals surface area contributed by atoms with Gasteiger partial charge in [0.1, 0.15) is 0 Å². The molecule has 1 atom stereocenters. The summed E-state index contributed by atoms with van der Waals surface area (Å²) in [5.41, 5.74) is 0. The Morgan fingerprint density at radius 1 is 1.47 bits per heavy atom. The van der Waals surface area contributed by atoms with Crippen LogP contribution in [0.15, 0.2) is 22.0 Å². The Kier molecular flexibility index (Phi) is 6.24. The van der Waals surface area contributed by atoms with E-state index in [1.165, 1.54) is 17.4 Å². The van der Waals surface area contributed by atoms with Crippen LogP contribution in [0.25, 0.3) is 6.08 Å². The van der Waals surface area contributed by atoms with Gasteiger partial charge in [-0.3, -0.25) is 9.59 Å². The standard InChI is InChI=1S/C13H16BrNO3S/c1-8(2)10(13(17)18)7-15-12(16)6-4-9-3-5-11(14)19-9/h3-6,8,10H,7H2,1-2H3,(H,15,16)(H,17,18). The molecule has 6 heteroatoms. The zero-order chi connectivity index (χ0) is 14.4. The van der Waals surface area contributed by atoms with Gasteiger partial charge in [0.25, 0.3) is 0 Å². The molecule has 0 aromatic carbocycles. The number of thiophene rings is 1. The van der Waals surface area contributed by atoms with Crippen LogP contribution in [-0.2, 0) is 9.59 Å². The van der Waals surface area contributed by atoms with Gasteiger partial charge in [0.15, 0.2) is 0 Å². The van der Waals surface area contributed by atoms with E-state index >= 15 is 0 Å². The van der Waals surface area contributed by atoms with Crippen molar-refractivity contribution in [3.63, 3.8) is 0 Å². The molecule has 0 saturated heterocycles. The first-order chi connectivity index (χ1) is 8.90. The van der Waals surface area contributed by atoms with E-state index in [2.05, 4.69) is 21.2 Å². The fraction of sp³-hybridized carbons (Fsp3) is 0.385. The Balaban J connectivity index is 2.47. The van der Waals surface area contributed by atoms with Crippen LogP contribution in [-0.4, -0.2) is 23.5 Å². The van der Waals surface area contributed by atoms with E-state index in [1.54, 1.807) is 6.08 Å². The summed E-state index contributed by atoms with van der Waals surface area (Å²) in [4.78, 5) is 23.5. The lowest BCUT2D eigenvalue weighted by atomic mass is 9.96. The van der Waals surface area contributed by atoms with E-state index in [9.17, 15) is 9.59 Å². The molecule has 0 saturated carbocycles. The number of amides is 1. The van der Waals surface area contributed by atoms with Crippen LogP contribution >= 0.6 is 27.3 Å². The van der Waals surface area contributed by atoms with Crippen molar-refractivity contribution >= 4 is 45.2 Å². The number of carbonyl (C=O) groups excluding carboxylic acids is 1. The number of hydrogen-bond donors (Lipinski definition) is 2. The van der Waals surface area contributed by atoms with Gasteiger partial charge in [0.05, 0.1) is 9.70 Å². The van der Waals surface area contributed by atoms with E-state index in [-0.39, 0.29) is 18.4 Å². The summed E-state index contributed by atoms with van der Waals surface area (Å²) in [7, 11) is 0. The maximum atomic E-state index is 11.6. The second kappa shape index (κ2) is 7.45. The zero-order valence-corrected chi connectivity index (χ0v) is 13.1. The summed E-state index contributed by atoms with van der Waals surface area (Å²) in [5, 5.41) is 11.6. The summed E-state index contributed by atoms with van der Waals surface area (Å²) in [5.74, 6) is -1.75. The fourth-order valence-electron chi connectivity index (χ4n) is 1.45. The quantitative estimate of drug-likeness (QED) is 0.778. The van der Waals surface area contributed by atoms with Crippen molar-refractivity contribution in [3.05, 3.63) is 26.9 Å². The molecule has 0 aliphatic rings. The normalized spacial score (nSPS) is 12.8. The molecule has 1 aromatic heterocycles. The molecular weight excluding hydrogens is 330 g/mol. The van der Waals surface area contributed by atoms with Gasteiger partial charge in [-0.15, -0.1) is 11.3 Å². The number of carbonyl (C=O) groups is 2. The molecular formula is C13H16BrNO3S. The van der Waals surface area contributed by atoms with Gasteiger partial charge >= 0.3 is 5.97 Å². The highest BCUT2D eigenvalue weighted by atomic mass is 79.9. The lowest BCUT2D eigenvalue weighted by Crippen LogP contribution is -2.34. The maximum Gasteiger partial charge on any atom is 0.308 e. The van der Waals surface area contributed by atoms with Crippen molar-refractivity contribution < 1.29 is 14.7 Å². The number of carboxylic acids is 1. The summed E-state index contributed by atoms with van der Waals surface area (Å²) in [6.07, 6.45) is 3.12. The first-order valence-electron chi connectivity index (χ1n) is 5.84. The number of nitrogens with one attached hydrogen (secondary N) is 1. The molecule has 4 nitrogen and oxygen atoms in total. The second-order valence-corrected chi connectivity index (χ2v) is 6.90. The Bertz CT molecular complexity index is 482. The molecule has 1 unspecified atom stereocenters. The van der Waals surface area contributed by atoms with Gasteiger partial charge in [-0.05, 0) is 40.1 Å². The molecule has 19 heavy (non-hydrogen) atoms. The van der Waals surface area contributed by atoms with Gasteiger partial charge < -0.3 is 10.4 Å². The summed E-state index contributed by atoms with van der Waals surface area (Å²) in [6.45, 7) is 3.79. The predicted molar refractivity (Wildman–Crippen MR) is 80.0 cm³/mol. The molecule has 104 valence electrons. The molecule has 2 N–H and O–H groups in total. The van der Waals surface area contributed by atoms with Crippen molar-refractivity contribution in [1.29, 1.82) is 0 Å². The third-order valence-corrected chi connectivity index (χ3v) is 4.20. The van der Waals surface area contributed by atoms with Gasteiger partial charge in [-0.25, -0.2) is 0 Å². The van der Waals surface area contributed by atoms with E-state index in [0.717, 1.165) is 8.66 Å². The monoisotopic (exact) mass is 345 g/mol. The van der Waals surface area contributed by atoms with Crippen LogP contribution in [0.4, 0.5) is 0 Å². The molecule has 0 bridgehead atoms. The van der Waals surface area contributed by atoms with Crippen LogP contribution < -0.4 is 5.32 Å². The molecule has 1 rings (SSSR count). The molecule has 0 aliphatic carbocycles. The Hall–Kier alpha value is -1.14. The minimum absolute atomic E-state index is 0.0185. The van der Waals surface area contributed by atoms with Crippen molar-refractivity contribution in [2.45, 2.75) is 13.8 Å². The van der Waals surface area contributed by atoms with Crippen LogP contribution in [0.1, 0.15) is 18.7 Å². The van der Waals surface area contributed by atoms with Crippen LogP contribution in [0.3, 0.4) is 0 Å². The van der Waals surface area contributed by atoms with Gasteiger partial charge in [0.2, 0.25) is 5.91 Å². The number of aliphatic carboxylic acids is 1. The molecule has 0 fully saturated rings. The SMILES string of the molecule is CC(C)C(CNC(=O)C=Cc1ccc(Br)s1)C(=O)O. The van der Waals surface area contributed by atoms with Crippen molar-refractivity contribution in [1.82, 2.24) is 5.32 Å². The highest BCUT2D eigenvalue weighted by Gasteiger charge is 2.21. The number of hydrogen-bond acceptors (Lipinski definition) is 3. The van der Waals surface area contributed by atoms with Gasteiger partial charge in [0, 0.05) is 17.5 Å². The van der Waals surface area contributed by atoms with Crippen LogP contribution in [0, 0.1) is 11.8 Å². The summed E-state index contributed by atoms with van der Waals surface area (Å²) in [6, 6.07) is 3.80. The van der Waals surface area contributed by atoms with Crippen molar-refractivity contribution in [2.24, 2.45) is 11.8 Å². The average Bonchev–Trinajstić information content (AvgIpc) is 2.71. The fourth-order valence-corrected chi connectivity index (χ4v) is 2.78. The lowest BCUT2D eigenvalue weighted by molar-refractivity contribution is -0.143. The average molecular weight is 346 g/mol. The maximum absolute atomic E-state index is 11.6. The lowest BCUT2D eigenvalue weighted by Gasteiger charge is -2.15. The second-order valence-electron chi connectivity index (χ2n) is 4.41. The molecule has 0 radical (unpaired) electrons. The number of carboxylic acid groups (broad SMARTS) is 1. The van der Waals surface area contributed by atoms with Crippen molar-refractivity contribution in [3.8, 4) is 0 Å². The molecule has 1 aromatic rings. The van der Waals surface area contributed by atoms with Crippen molar-refractivity contribution in [2.75, 3.05) is 6.54 Å². The zero-order valence-electron chi connectivity index (χ0n) is 10.7. The van der Waals surface area contributed by atoms with E-state index in [4.69, 9.17) is 5.11 Å². The van der Waals surface area contributed by atoms with E-state index in [1.807, 2.05) is 26.0 Å². The summed E-state index contributed by atoms with van der Waals surface area (Å²) >= 11 is 4.86. The first-order valence-corrected chi connectivity index (χ1v) is 7.45. The molecule has 0 aliphatic heterocycles. The minimum Gasteiger partial charge on any atom is -0.481 e. The summed E-state index contributed by atoms with van der Waals surface area (Å²) < 4.78 is 0.998. The Labute approximate surface area is 124 Å². The van der Waals surface area contributed by atoms with Crippen LogP contribution in [0.2, 0.25) is 0 Å². The third kappa shape index (κ3) is 5.57. The third-order valence-electron chi connectivity index (χ3n) is 2.61. The Morgan fingerprint density at radius 3 is 2.63 bits per heavy atom. The number of halogens is 1. The van der Waals surface area contributed by atoms with Gasteiger partial charge in [-0.1, -0.05) is 13.8 Å². The largest absolute Gasteiger partial charge is 0.481 e. The van der Waals surface area contributed by atoms with Crippen LogP contribution in [0.5, 0.6) is 0 Å². The minimum atomic E-state index is -0.888. The smallest absolute Gasteiger partial charge is 0.308 e. The van der Waals surface area contributed by atoms with E-state index in [0.29, 0.717) is 0 Å². The highest BCUT2D eigenvalue weighted by Crippen LogP contribution is 2.22. The molecule has 1 heterocycles. The van der Waals surface area contributed by atoms with Gasteiger partial charge in [-0.2, -0.15) is 0 Å². The topological polar surface area (TPSA) is 66.4 Å². The molecule has 0 spiro atoms. The number of rotatable bonds is 6. The highest BCUT2D eigenvalue weighted by molar-refractivity contribution is 9.11. The predicted octanol–water partition coefficient (Wildman–Crippen LogP) is 3.00. The first kappa shape index (κ1) is 15.9. The Morgan fingerprint density at radius 2 is 2.16 bits per heavy atom. The van der Waals surface area contributed by atoms with E-state index < -0.39 is 11.9 Å².